The molecule has 0 aliphatic heterocycles. The van der Waals surface area contributed by atoms with Crippen LogP contribution in [0.5, 0.6) is 0 Å². The molecule has 2 amide bonds. The number of anilines is 1. The standard InChI is InChI=1S/C20H19FN4O3S/c1-12-18(13-4-6-15(21)7-5-13)25(20(28)29-12)11-17(26)23-16-10-14(8-9-22-16)19(27)24(2)3/h4-10H,11H2,1-3H3,(H,22,23,26). The number of rotatable bonds is 5. The number of hydrogen-bond donors (Lipinski definition) is 1. The van der Waals surface area contributed by atoms with Gasteiger partial charge in [-0.05, 0) is 48.9 Å². The second-order valence-electron chi connectivity index (χ2n) is 6.54. The molecule has 0 radical (unpaired) electrons. The minimum atomic E-state index is -0.463. The van der Waals surface area contributed by atoms with Crippen LogP contribution in [0.3, 0.4) is 0 Å². The van der Waals surface area contributed by atoms with E-state index in [2.05, 4.69) is 10.3 Å². The van der Waals surface area contributed by atoms with Crippen molar-refractivity contribution in [2.75, 3.05) is 19.4 Å². The molecule has 3 rings (SSSR count). The number of amides is 2. The molecule has 29 heavy (non-hydrogen) atoms. The molecule has 2 heterocycles. The van der Waals surface area contributed by atoms with Crippen molar-refractivity contribution >= 4 is 29.0 Å². The van der Waals surface area contributed by atoms with Gasteiger partial charge < -0.3 is 10.2 Å². The Hall–Kier alpha value is -3.33. The maximum Gasteiger partial charge on any atom is 0.308 e. The largest absolute Gasteiger partial charge is 0.345 e. The van der Waals surface area contributed by atoms with Crippen molar-refractivity contribution in [3.05, 3.63) is 68.5 Å². The lowest BCUT2D eigenvalue weighted by Gasteiger charge is -2.12. The minimum absolute atomic E-state index is 0.214. The topological polar surface area (TPSA) is 84.3 Å². The number of nitrogens with one attached hydrogen (secondary N) is 1. The molecule has 0 atom stereocenters. The third-order valence-electron chi connectivity index (χ3n) is 4.16. The Bertz CT molecular complexity index is 1120. The van der Waals surface area contributed by atoms with E-state index in [0.29, 0.717) is 16.8 Å². The maximum absolute atomic E-state index is 13.2. The van der Waals surface area contributed by atoms with Gasteiger partial charge in [0.25, 0.3) is 5.91 Å². The Morgan fingerprint density at radius 3 is 2.55 bits per heavy atom. The number of nitrogens with zero attached hydrogens (tertiary/aromatic N) is 3. The Kier molecular flexibility index (Phi) is 5.88. The molecule has 0 bridgehead atoms. The van der Waals surface area contributed by atoms with Crippen LogP contribution >= 0.6 is 11.3 Å². The Morgan fingerprint density at radius 2 is 1.90 bits per heavy atom. The molecule has 0 spiro atoms. The highest BCUT2D eigenvalue weighted by atomic mass is 32.1. The van der Waals surface area contributed by atoms with Gasteiger partial charge in [-0.3, -0.25) is 19.0 Å². The Morgan fingerprint density at radius 1 is 1.21 bits per heavy atom. The van der Waals surface area contributed by atoms with Crippen molar-refractivity contribution in [1.29, 1.82) is 0 Å². The number of benzene rings is 1. The number of hydrogen-bond acceptors (Lipinski definition) is 5. The predicted molar refractivity (Wildman–Crippen MR) is 110 cm³/mol. The van der Waals surface area contributed by atoms with Crippen molar-refractivity contribution < 1.29 is 14.0 Å². The maximum atomic E-state index is 13.2. The molecule has 2 aromatic heterocycles. The number of aryl methyl sites for hydroxylation is 1. The smallest absolute Gasteiger partial charge is 0.308 e. The van der Waals surface area contributed by atoms with Gasteiger partial charge in [-0.1, -0.05) is 11.3 Å². The van der Waals surface area contributed by atoms with E-state index in [1.165, 1.54) is 33.9 Å². The summed E-state index contributed by atoms with van der Waals surface area (Å²) < 4.78 is 14.6. The zero-order valence-electron chi connectivity index (χ0n) is 16.1. The summed E-state index contributed by atoms with van der Waals surface area (Å²) in [6.45, 7) is 1.54. The number of thiazole rings is 1. The molecule has 1 N–H and O–H groups in total. The van der Waals surface area contributed by atoms with E-state index in [0.717, 1.165) is 16.2 Å². The van der Waals surface area contributed by atoms with Crippen LogP contribution < -0.4 is 10.2 Å². The van der Waals surface area contributed by atoms with Gasteiger partial charge in [0.1, 0.15) is 18.2 Å². The quantitative estimate of drug-likeness (QED) is 0.696. The second-order valence-corrected chi connectivity index (χ2v) is 7.71. The Balaban J connectivity index is 1.84. The summed E-state index contributed by atoms with van der Waals surface area (Å²) in [5, 5.41) is 2.61. The van der Waals surface area contributed by atoms with Gasteiger partial charge in [-0.25, -0.2) is 9.37 Å². The lowest BCUT2D eigenvalue weighted by atomic mass is 10.1. The first-order valence-corrected chi connectivity index (χ1v) is 9.51. The van der Waals surface area contributed by atoms with E-state index in [4.69, 9.17) is 0 Å². The van der Waals surface area contributed by atoms with Gasteiger partial charge in [0, 0.05) is 30.7 Å². The molecule has 0 saturated carbocycles. The molecule has 0 fully saturated rings. The summed E-state index contributed by atoms with van der Waals surface area (Å²) in [4.78, 5) is 42.9. The third-order valence-corrected chi connectivity index (χ3v) is 5.06. The molecule has 0 aliphatic rings. The molecule has 0 saturated heterocycles. The van der Waals surface area contributed by atoms with Crippen molar-refractivity contribution in [3.63, 3.8) is 0 Å². The van der Waals surface area contributed by atoms with Crippen LogP contribution in [0.2, 0.25) is 0 Å². The van der Waals surface area contributed by atoms with E-state index in [9.17, 15) is 18.8 Å². The van der Waals surface area contributed by atoms with E-state index in [1.54, 1.807) is 39.2 Å². The minimum Gasteiger partial charge on any atom is -0.345 e. The number of pyridine rings is 1. The van der Waals surface area contributed by atoms with Gasteiger partial charge in [0.2, 0.25) is 5.91 Å². The fourth-order valence-corrected chi connectivity index (χ4v) is 3.69. The number of halogens is 1. The molecule has 0 unspecified atom stereocenters. The molecular weight excluding hydrogens is 395 g/mol. The molecular formula is C20H19FN4O3S. The van der Waals surface area contributed by atoms with Crippen LogP contribution in [0.1, 0.15) is 15.2 Å². The first-order chi connectivity index (χ1) is 13.8. The fraction of sp³-hybridized carbons (Fsp3) is 0.200. The van der Waals surface area contributed by atoms with Gasteiger partial charge in [-0.15, -0.1) is 0 Å². The predicted octanol–water partition coefficient (Wildman–Crippen LogP) is 2.76. The van der Waals surface area contributed by atoms with Crippen LogP contribution in [0.25, 0.3) is 11.3 Å². The number of aromatic nitrogens is 2. The van der Waals surface area contributed by atoms with Crippen LogP contribution in [-0.2, 0) is 11.3 Å². The average Bonchev–Trinajstić information content (AvgIpc) is 2.95. The molecule has 9 heteroatoms. The van der Waals surface area contributed by atoms with Crippen LogP contribution in [0.15, 0.2) is 47.4 Å². The summed E-state index contributed by atoms with van der Waals surface area (Å²) >= 11 is 1.02. The van der Waals surface area contributed by atoms with E-state index >= 15 is 0 Å². The summed E-state index contributed by atoms with van der Waals surface area (Å²) in [7, 11) is 3.26. The second kappa shape index (κ2) is 8.36. The molecule has 1 aromatic carbocycles. The highest BCUT2D eigenvalue weighted by Crippen LogP contribution is 2.25. The first kappa shape index (κ1) is 20.4. The summed E-state index contributed by atoms with van der Waals surface area (Å²) in [5.41, 5.74) is 1.60. The van der Waals surface area contributed by atoms with Crippen molar-refractivity contribution in [2.24, 2.45) is 0 Å². The molecule has 150 valence electrons. The van der Waals surface area contributed by atoms with Crippen molar-refractivity contribution in [3.8, 4) is 11.3 Å². The average molecular weight is 414 g/mol. The Labute approximate surface area is 170 Å². The number of carbonyl (C=O) groups is 2. The van der Waals surface area contributed by atoms with Gasteiger partial charge in [-0.2, -0.15) is 0 Å². The fourth-order valence-electron chi connectivity index (χ4n) is 2.84. The summed E-state index contributed by atoms with van der Waals surface area (Å²) in [5.74, 6) is -0.848. The third kappa shape index (κ3) is 4.57. The van der Waals surface area contributed by atoms with Gasteiger partial charge in [0.15, 0.2) is 0 Å². The zero-order valence-corrected chi connectivity index (χ0v) is 16.9. The van der Waals surface area contributed by atoms with Crippen molar-refractivity contribution in [1.82, 2.24) is 14.5 Å². The number of carbonyl (C=O) groups excluding carboxylic acids is 2. The lowest BCUT2D eigenvalue weighted by Crippen LogP contribution is -2.26. The normalized spacial score (nSPS) is 10.6. The van der Waals surface area contributed by atoms with Crippen molar-refractivity contribution in [2.45, 2.75) is 13.5 Å². The SMILES string of the molecule is Cc1sc(=O)n(CC(=O)Nc2cc(C(=O)N(C)C)ccn2)c1-c1ccc(F)cc1. The molecule has 3 aromatic rings. The lowest BCUT2D eigenvalue weighted by molar-refractivity contribution is -0.116. The highest BCUT2D eigenvalue weighted by Gasteiger charge is 2.17. The van der Waals surface area contributed by atoms with Gasteiger partial charge in [0.05, 0.1) is 5.69 Å². The van der Waals surface area contributed by atoms with E-state index in [1.807, 2.05) is 0 Å². The molecule has 0 aliphatic carbocycles. The van der Waals surface area contributed by atoms with Crippen LogP contribution in [0.4, 0.5) is 10.2 Å². The van der Waals surface area contributed by atoms with E-state index < -0.39 is 5.91 Å². The monoisotopic (exact) mass is 414 g/mol. The molecule has 7 nitrogen and oxygen atoms in total. The summed E-state index contributed by atoms with van der Waals surface area (Å²) in [6.07, 6.45) is 1.43. The van der Waals surface area contributed by atoms with E-state index in [-0.39, 0.29) is 29.0 Å². The summed E-state index contributed by atoms with van der Waals surface area (Å²) in [6, 6.07) is 8.77. The van der Waals surface area contributed by atoms with Crippen LogP contribution in [-0.4, -0.2) is 40.4 Å². The van der Waals surface area contributed by atoms with Crippen LogP contribution in [0, 0.1) is 12.7 Å². The van der Waals surface area contributed by atoms with Gasteiger partial charge >= 0.3 is 4.87 Å². The first-order valence-electron chi connectivity index (χ1n) is 8.70. The zero-order chi connectivity index (χ0) is 21.1. The highest BCUT2D eigenvalue weighted by molar-refractivity contribution is 7.09.